The number of ether oxygens (including phenoxy) is 11. The molecule has 12 heteroatoms. The van der Waals surface area contributed by atoms with Crippen molar-refractivity contribution in [3.63, 3.8) is 0 Å². The van der Waals surface area contributed by atoms with Gasteiger partial charge in [0.2, 0.25) is 0 Å². The molecule has 0 fully saturated rings. The predicted molar refractivity (Wildman–Crippen MR) is 223 cm³/mol. The van der Waals surface area contributed by atoms with Crippen LogP contribution in [0.5, 0.6) is 0 Å². The van der Waals surface area contributed by atoms with Crippen LogP contribution in [0, 0.1) is 0 Å². The van der Waals surface area contributed by atoms with Gasteiger partial charge in [0.05, 0.1) is 126 Å². The zero-order chi connectivity index (χ0) is 40.3. The molecule has 0 saturated carbocycles. The van der Waals surface area contributed by atoms with E-state index in [4.69, 9.17) is 52.1 Å². The summed E-state index contributed by atoms with van der Waals surface area (Å²) in [6.07, 6.45) is 25.1. The molecule has 336 valence electrons. The van der Waals surface area contributed by atoms with Crippen LogP contribution in [0.25, 0.3) is 0 Å². The van der Waals surface area contributed by atoms with Gasteiger partial charge in [-0.15, -0.1) is 0 Å². The first-order valence-corrected chi connectivity index (χ1v) is 22.7. The lowest BCUT2D eigenvalue weighted by atomic mass is 10.0. The molecule has 0 atom stereocenters. The van der Waals surface area contributed by atoms with Crippen LogP contribution in [0.15, 0.2) is 0 Å². The van der Waals surface area contributed by atoms with Crippen LogP contribution in [0.1, 0.15) is 142 Å². The second kappa shape index (κ2) is 52.1. The van der Waals surface area contributed by atoms with Gasteiger partial charge in [0.15, 0.2) is 0 Å². The molecule has 0 aliphatic heterocycles. The summed E-state index contributed by atoms with van der Waals surface area (Å²) in [6, 6.07) is 0. The SMILES string of the molecule is CCCCCCCCCCCCCCCCCC(=O)OCCOCCOCCOCCOCCOCCOCCOCCOCCOCCOCCCCCC. The van der Waals surface area contributed by atoms with E-state index < -0.39 is 0 Å². The molecule has 12 nitrogen and oxygen atoms in total. The second-order valence-corrected chi connectivity index (χ2v) is 14.1. The van der Waals surface area contributed by atoms with E-state index >= 15 is 0 Å². The van der Waals surface area contributed by atoms with Crippen molar-refractivity contribution in [2.45, 2.75) is 142 Å². The number of carbonyl (C=O) groups excluding carboxylic acids is 1. The van der Waals surface area contributed by atoms with Crippen LogP contribution in [0.3, 0.4) is 0 Å². The summed E-state index contributed by atoms with van der Waals surface area (Å²) >= 11 is 0. The van der Waals surface area contributed by atoms with Crippen molar-refractivity contribution < 1.29 is 56.9 Å². The highest BCUT2D eigenvalue weighted by Crippen LogP contribution is 2.14. The number of hydrogen-bond donors (Lipinski definition) is 0. The van der Waals surface area contributed by atoms with Gasteiger partial charge in [0, 0.05) is 13.0 Å². The molecule has 0 radical (unpaired) electrons. The summed E-state index contributed by atoms with van der Waals surface area (Å²) in [6.45, 7) is 15.4. The number of unbranched alkanes of at least 4 members (excludes halogenated alkanes) is 17. The van der Waals surface area contributed by atoms with Crippen LogP contribution >= 0.6 is 0 Å². The summed E-state index contributed by atoms with van der Waals surface area (Å²) in [5.41, 5.74) is 0. The van der Waals surface area contributed by atoms with Crippen molar-refractivity contribution in [1.82, 2.24) is 0 Å². The molecule has 0 saturated heterocycles. The second-order valence-electron chi connectivity index (χ2n) is 14.1. The van der Waals surface area contributed by atoms with E-state index in [0.717, 1.165) is 25.9 Å². The summed E-state index contributed by atoms with van der Waals surface area (Å²) in [7, 11) is 0. The van der Waals surface area contributed by atoms with Gasteiger partial charge < -0.3 is 52.1 Å². The Hall–Kier alpha value is -0.930. The third-order valence-corrected chi connectivity index (χ3v) is 8.97. The normalized spacial score (nSPS) is 11.5. The van der Waals surface area contributed by atoms with Gasteiger partial charge in [-0.1, -0.05) is 123 Å². The van der Waals surface area contributed by atoms with Crippen LogP contribution in [-0.4, -0.2) is 145 Å². The van der Waals surface area contributed by atoms with Crippen molar-refractivity contribution in [1.29, 1.82) is 0 Å². The summed E-state index contributed by atoms with van der Waals surface area (Å²) < 4.78 is 60.3. The summed E-state index contributed by atoms with van der Waals surface area (Å²) in [4.78, 5) is 11.9. The lowest BCUT2D eigenvalue weighted by Crippen LogP contribution is -2.15. The highest BCUT2D eigenvalue weighted by Gasteiger charge is 2.03. The quantitative estimate of drug-likeness (QED) is 0.0433. The molecule has 0 unspecified atom stereocenters. The molecule has 0 aromatic carbocycles. The zero-order valence-corrected chi connectivity index (χ0v) is 36.4. The lowest BCUT2D eigenvalue weighted by molar-refractivity contribution is -0.145. The summed E-state index contributed by atoms with van der Waals surface area (Å²) in [5, 5.41) is 0. The van der Waals surface area contributed by atoms with Crippen LogP contribution in [0.4, 0.5) is 0 Å². The topological polar surface area (TPSA) is 119 Å². The molecule has 0 amide bonds. The molecule has 0 rings (SSSR count). The predicted octanol–water partition coefficient (Wildman–Crippen LogP) is 8.54. The van der Waals surface area contributed by atoms with Crippen LogP contribution in [0.2, 0.25) is 0 Å². The molecule has 0 aromatic rings. The van der Waals surface area contributed by atoms with Crippen LogP contribution < -0.4 is 0 Å². The van der Waals surface area contributed by atoms with E-state index in [-0.39, 0.29) is 5.97 Å². The molecule has 0 bridgehead atoms. The Kier molecular flexibility index (Phi) is 51.2. The minimum atomic E-state index is -0.128. The Morgan fingerprint density at radius 3 is 0.750 bits per heavy atom. The molecule has 0 N–H and O–H groups in total. The van der Waals surface area contributed by atoms with E-state index in [0.29, 0.717) is 139 Å². The number of carbonyl (C=O) groups is 1. The molecular formula is C44H88O12. The van der Waals surface area contributed by atoms with Crippen molar-refractivity contribution >= 4 is 5.97 Å². The monoisotopic (exact) mass is 809 g/mol. The van der Waals surface area contributed by atoms with E-state index in [1.807, 2.05) is 0 Å². The standard InChI is InChI=1S/C44H88O12/c1-3-5-7-9-10-11-12-13-14-15-16-17-18-19-20-22-44(45)56-43-42-55-41-40-54-39-38-53-37-36-52-35-34-51-33-32-50-31-30-49-29-28-48-27-26-47-25-24-46-23-21-8-6-4-2/h3-43H2,1-2H3. The van der Waals surface area contributed by atoms with Gasteiger partial charge in [-0.3, -0.25) is 4.79 Å². The van der Waals surface area contributed by atoms with Gasteiger partial charge in [-0.25, -0.2) is 0 Å². The Morgan fingerprint density at radius 2 is 0.464 bits per heavy atom. The Morgan fingerprint density at radius 1 is 0.250 bits per heavy atom. The maximum atomic E-state index is 11.9. The molecule has 0 heterocycles. The fraction of sp³-hybridized carbons (Fsp3) is 0.977. The van der Waals surface area contributed by atoms with E-state index in [9.17, 15) is 4.79 Å². The number of rotatable bonds is 51. The fourth-order valence-electron chi connectivity index (χ4n) is 5.64. The largest absolute Gasteiger partial charge is 0.463 e. The zero-order valence-electron chi connectivity index (χ0n) is 36.4. The van der Waals surface area contributed by atoms with Gasteiger partial charge in [-0.05, 0) is 12.8 Å². The maximum Gasteiger partial charge on any atom is 0.305 e. The Labute approximate surface area is 343 Å². The van der Waals surface area contributed by atoms with E-state index in [2.05, 4.69) is 13.8 Å². The smallest absolute Gasteiger partial charge is 0.305 e. The van der Waals surface area contributed by atoms with Gasteiger partial charge in [0.1, 0.15) is 6.61 Å². The first-order chi connectivity index (χ1) is 27.8. The number of hydrogen-bond acceptors (Lipinski definition) is 12. The molecule has 0 spiro atoms. The minimum Gasteiger partial charge on any atom is -0.463 e. The van der Waals surface area contributed by atoms with Crippen LogP contribution in [-0.2, 0) is 56.9 Å². The number of esters is 1. The highest BCUT2D eigenvalue weighted by atomic mass is 16.6. The lowest BCUT2D eigenvalue weighted by Gasteiger charge is -2.09. The molecule has 0 aliphatic rings. The van der Waals surface area contributed by atoms with E-state index in [1.54, 1.807) is 0 Å². The molecule has 0 aliphatic carbocycles. The van der Waals surface area contributed by atoms with Gasteiger partial charge >= 0.3 is 5.97 Å². The fourth-order valence-corrected chi connectivity index (χ4v) is 5.64. The third kappa shape index (κ3) is 51.1. The average molecular weight is 809 g/mol. The van der Waals surface area contributed by atoms with Crippen molar-refractivity contribution in [2.75, 3.05) is 139 Å². The molecular weight excluding hydrogens is 720 g/mol. The average Bonchev–Trinajstić information content (AvgIpc) is 3.20. The van der Waals surface area contributed by atoms with Gasteiger partial charge in [-0.2, -0.15) is 0 Å². The van der Waals surface area contributed by atoms with Crippen molar-refractivity contribution in [3.8, 4) is 0 Å². The van der Waals surface area contributed by atoms with Crippen molar-refractivity contribution in [3.05, 3.63) is 0 Å². The summed E-state index contributed by atoms with van der Waals surface area (Å²) in [5.74, 6) is -0.128. The Balaban J connectivity index is 3.12. The minimum absolute atomic E-state index is 0.128. The van der Waals surface area contributed by atoms with E-state index in [1.165, 1.54) is 103 Å². The Bertz CT molecular complexity index is 718. The maximum absolute atomic E-state index is 11.9. The third-order valence-electron chi connectivity index (χ3n) is 8.97. The highest BCUT2D eigenvalue weighted by molar-refractivity contribution is 5.69. The first-order valence-electron chi connectivity index (χ1n) is 22.7. The first kappa shape index (κ1) is 55.1. The van der Waals surface area contributed by atoms with Gasteiger partial charge in [0.25, 0.3) is 0 Å². The molecule has 0 aromatic heterocycles. The molecule has 56 heavy (non-hydrogen) atoms. The van der Waals surface area contributed by atoms with Crippen molar-refractivity contribution in [2.24, 2.45) is 0 Å².